The van der Waals surface area contributed by atoms with Gasteiger partial charge in [-0.2, -0.15) is 0 Å². The second-order valence-electron chi connectivity index (χ2n) is 6.87. The fraction of sp³-hybridized carbons (Fsp3) is 0.579. The van der Waals surface area contributed by atoms with Gasteiger partial charge in [0.25, 0.3) is 0 Å². The number of nitrogens with one attached hydrogen (secondary N) is 1. The quantitative estimate of drug-likeness (QED) is 0.888. The molecule has 3 rings (SSSR count). The highest BCUT2D eigenvalue weighted by atomic mass is 35.5. The van der Waals surface area contributed by atoms with E-state index in [-0.39, 0.29) is 17.7 Å². The van der Waals surface area contributed by atoms with E-state index < -0.39 is 0 Å². The zero-order valence-corrected chi connectivity index (χ0v) is 14.7. The van der Waals surface area contributed by atoms with Crippen LogP contribution < -0.4 is 5.32 Å². The molecule has 2 fully saturated rings. The van der Waals surface area contributed by atoms with Crippen LogP contribution in [0.4, 0.5) is 0 Å². The molecule has 1 heterocycles. The Kier molecular flexibility index (Phi) is 5.77. The third kappa shape index (κ3) is 4.10. The van der Waals surface area contributed by atoms with Crippen molar-refractivity contribution in [1.82, 2.24) is 10.2 Å². The van der Waals surface area contributed by atoms with Gasteiger partial charge in [0.15, 0.2) is 0 Å². The van der Waals surface area contributed by atoms with Crippen molar-refractivity contribution in [1.29, 1.82) is 0 Å². The minimum absolute atomic E-state index is 0.00582. The molecule has 4 nitrogen and oxygen atoms in total. The molecule has 1 N–H and O–H groups in total. The number of hydrogen-bond donors (Lipinski definition) is 1. The molecule has 1 saturated heterocycles. The molecule has 2 amide bonds. The zero-order chi connectivity index (χ0) is 16.9. The van der Waals surface area contributed by atoms with Gasteiger partial charge in [0.1, 0.15) is 0 Å². The average molecular weight is 349 g/mol. The van der Waals surface area contributed by atoms with Crippen molar-refractivity contribution in [3.63, 3.8) is 0 Å². The summed E-state index contributed by atoms with van der Waals surface area (Å²) in [4.78, 5) is 26.6. The smallest absolute Gasteiger partial charge is 0.225 e. The summed E-state index contributed by atoms with van der Waals surface area (Å²) in [6.45, 7) is 1.14. The molecular weight excluding hydrogens is 324 g/mol. The summed E-state index contributed by atoms with van der Waals surface area (Å²) in [6, 6.07) is 8.02. The maximum atomic E-state index is 12.4. The van der Waals surface area contributed by atoms with Crippen molar-refractivity contribution in [3.05, 3.63) is 34.9 Å². The Morgan fingerprint density at radius 2 is 1.96 bits per heavy atom. The van der Waals surface area contributed by atoms with Crippen LogP contribution in [0.15, 0.2) is 24.3 Å². The molecule has 0 unspecified atom stereocenters. The average Bonchev–Trinajstić information content (AvgIpc) is 2.99. The SMILES string of the molecule is O=C(NCCc1ccccc1Cl)[C@H]1CC(=O)N(C2CCCCC2)C1. The van der Waals surface area contributed by atoms with Gasteiger partial charge in [0.05, 0.1) is 5.92 Å². The van der Waals surface area contributed by atoms with Crippen LogP contribution in [0.3, 0.4) is 0 Å². The van der Waals surface area contributed by atoms with E-state index in [0.29, 0.717) is 32.0 Å². The number of benzene rings is 1. The van der Waals surface area contributed by atoms with Crippen LogP contribution in [-0.4, -0.2) is 35.8 Å². The van der Waals surface area contributed by atoms with Gasteiger partial charge in [0.2, 0.25) is 11.8 Å². The molecule has 1 aromatic rings. The first kappa shape index (κ1) is 17.3. The third-order valence-corrected chi connectivity index (χ3v) is 5.56. The van der Waals surface area contributed by atoms with Gasteiger partial charge in [-0.3, -0.25) is 9.59 Å². The number of rotatable bonds is 5. The molecule has 1 aromatic carbocycles. The van der Waals surface area contributed by atoms with E-state index in [2.05, 4.69) is 5.32 Å². The highest BCUT2D eigenvalue weighted by Gasteiger charge is 2.37. The second-order valence-corrected chi connectivity index (χ2v) is 7.28. The summed E-state index contributed by atoms with van der Waals surface area (Å²) in [7, 11) is 0. The molecule has 0 spiro atoms. The molecule has 0 radical (unpaired) electrons. The first-order valence-corrected chi connectivity index (χ1v) is 9.33. The van der Waals surface area contributed by atoms with Crippen LogP contribution >= 0.6 is 11.6 Å². The Balaban J connectivity index is 1.47. The number of carbonyl (C=O) groups is 2. The summed E-state index contributed by atoms with van der Waals surface area (Å²) < 4.78 is 0. The lowest BCUT2D eigenvalue weighted by atomic mass is 9.94. The number of halogens is 1. The fourth-order valence-corrected chi connectivity index (χ4v) is 4.05. The van der Waals surface area contributed by atoms with Crippen molar-refractivity contribution in [2.45, 2.75) is 51.0 Å². The van der Waals surface area contributed by atoms with Crippen LogP contribution in [0.1, 0.15) is 44.1 Å². The van der Waals surface area contributed by atoms with Crippen LogP contribution in [-0.2, 0) is 16.0 Å². The second kappa shape index (κ2) is 8.02. The van der Waals surface area contributed by atoms with E-state index >= 15 is 0 Å². The highest BCUT2D eigenvalue weighted by Crippen LogP contribution is 2.28. The van der Waals surface area contributed by atoms with Crippen LogP contribution in [0.25, 0.3) is 0 Å². The van der Waals surface area contributed by atoms with E-state index in [4.69, 9.17) is 11.6 Å². The molecular formula is C19H25ClN2O2. The maximum absolute atomic E-state index is 12.4. The summed E-state index contributed by atoms with van der Waals surface area (Å²) in [5.74, 6) is -0.0625. The Morgan fingerprint density at radius 3 is 2.71 bits per heavy atom. The minimum atomic E-state index is -0.203. The van der Waals surface area contributed by atoms with Gasteiger partial charge in [0, 0.05) is 30.6 Å². The van der Waals surface area contributed by atoms with E-state index in [1.165, 1.54) is 19.3 Å². The lowest BCUT2D eigenvalue weighted by Crippen LogP contribution is -2.39. The molecule has 0 aromatic heterocycles. The topological polar surface area (TPSA) is 49.4 Å². The predicted octanol–water partition coefficient (Wildman–Crippen LogP) is 3.18. The summed E-state index contributed by atoms with van der Waals surface area (Å²) in [6.07, 6.45) is 6.91. The number of amides is 2. The molecule has 1 aliphatic heterocycles. The van der Waals surface area contributed by atoms with Gasteiger partial charge < -0.3 is 10.2 Å². The number of likely N-dealkylation sites (tertiary alicyclic amines) is 1. The molecule has 2 aliphatic rings. The van der Waals surface area contributed by atoms with E-state index in [1.807, 2.05) is 29.2 Å². The number of carbonyl (C=O) groups excluding carboxylic acids is 2. The third-order valence-electron chi connectivity index (χ3n) is 5.20. The summed E-state index contributed by atoms with van der Waals surface area (Å²) >= 11 is 6.13. The molecule has 1 saturated carbocycles. The van der Waals surface area contributed by atoms with Crippen molar-refractivity contribution in [2.75, 3.05) is 13.1 Å². The van der Waals surface area contributed by atoms with Crippen LogP contribution in [0.2, 0.25) is 5.02 Å². The molecule has 5 heteroatoms. The summed E-state index contributed by atoms with van der Waals surface area (Å²) in [5.41, 5.74) is 1.03. The molecule has 24 heavy (non-hydrogen) atoms. The minimum Gasteiger partial charge on any atom is -0.355 e. The highest BCUT2D eigenvalue weighted by molar-refractivity contribution is 6.31. The monoisotopic (exact) mass is 348 g/mol. The normalized spacial score (nSPS) is 22.0. The van der Waals surface area contributed by atoms with Gasteiger partial charge >= 0.3 is 0 Å². The van der Waals surface area contributed by atoms with Crippen LogP contribution in [0, 0.1) is 5.92 Å². The number of nitrogens with zero attached hydrogens (tertiary/aromatic N) is 1. The van der Waals surface area contributed by atoms with Crippen LogP contribution in [0.5, 0.6) is 0 Å². The predicted molar refractivity (Wildman–Crippen MR) is 94.9 cm³/mol. The van der Waals surface area contributed by atoms with E-state index in [0.717, 1.165) is 23.4 Å². The van der Waals surface area contributed by atoms with Crippen molar-refractivity contribution in [2.24, 2.45) is 5.92 Å². The first-order chi connectivity index (χ1) is 11.6. The largest absolute Gasteiger partial charge is 0.355 e. The Bertz CT molecular complexity index is 599. The number of hydrogen-bond acceptors (Lipinski definition) is 2. The van der Waals surface area contributed by atoms with Gasteiger partial charge in [-0.1, -0.05) is 49.1 Å². The van der Waals surface area contributed by atoms with Crippen molar-refractivity contribution in [3.8, 4) is 0 Å². The Hall–Kier alpha value is -1.55. The molecule has 1 aliphatic carbocycles. The van der Waals surface area contributed by atoms with Gasteiger partial charge in [-0.15, -0.1) is 0 Å². The fourth-order valence-electron chi connectivity index (χ4n) is 3.82. The van der Waals surface area contributed by atoms with Crippen molar-refractivity contribution < 1.29 is 9.59 Å². The molecule has 1 atom stereocenters. The lowest BCUT2D eigenvalue weighted by molar-refractivity contribution is -0.130. The van der Waals surface area contributed by atoms with Crippen molar-refractivity contribution >= 4 is 23.4 Å². The lowest BCUT2D eigenvalue weighted by Gasteiger charge is -2.31. The summed E-state index contributed by atoms with van der Waals surface area (Å²) in [5, 5.41) is 3.70. The Labute approximate surface area is 148 Å². The van der Waals surface area contributed by atoms with E-state index in [1.54, 1.807) is 0 Å². The van der Waals surface area contributed by atoms with Gasteiger partial charge in [-0.05, 0) is 30.9 Å². The maximum Gasteiger partial charge on any atom is 0.225 e. The molecule has 130 valence electrons. The van der Waals surface area contributed by atoms with E-state index in [9.17, 15) is 9.59 Å². The Morgan fingerprint density at radius 1 is 1.21 bits per heavy atom. The van der Waals surface area contributed by atoms with Gasteiger partial charge in [-0.25, -0.2) is 0 Å². The first-order valence-electron chi connectivity index (χ1n) is 8.95. The standard InChI is InChI=1S/C19H25ClN2O2/c20-17-9-5-4-6-14(17)10-11-21-19(24)15-12-18(23)22(13-15)16-7-2-1-3-8-16/h4-6,9,15-16H,1-3,7-8,10-13H2,(H,21,24)/t15-/m0/s1. The zero-order valence-electron chi connectivity index (χ0n) is 14.0. The molecule has 0 bridgehead atoms.